The first-order valence-corrected chi connectivity index (χ1v) is 7.58. The Morgan fingerprint density at radius 1 is 1.00 bits per heavy atom. The summed E-state index contributed by atoms with van der Waals surface area (Å²) in [6.45, 7) is 4.81. The van der Waals surface area contributed by atoms with E-state index in [-0.39, 0.29) is 0 Å². The molecule has 0 saturated heterocycles. The molecule has 1 N–H and O–H groups in total. The fourth-order valence-electron chi connectivity index (χ4n) is 1.61. The van der Waals surface area contributed by atoms with Gasteiger partial charge in [0.2, 0.25) is 0 Å². The summed E-state index contributed by atoms with van der Waals surface area (Å²) in [5.74, 6) is 1.27. The summed E-state index contributed by atoms with van der Waals surface area (Å²) in [5, 5.41) is 9.38. The molecule has 0 spiro atoms. The summed E-state index contributed by atoms with van der Waals surface area (Å²) in [4.78, 5) is 0. The van der Waals surface area contributed by atoms with Crippen molar-refractivity contribution >= 4 is 11.8 Å². The summed E-state index contributed by atoms with van der Waals surface area (Å²) >= 11 is 2.01. The average molecular weight is 232 g/mol. The second kappa shape index (κ2) is 12.4. The van der Waals surface area contributed by atoms with Gasteiger partial charge in [0.1, 0.15) is 0 Å². The lowest BCUT2D eigenvalue weighted by Crippen LogP contribution is -2.00. The highest BCUT2D eigenvalue weighted by Gasteiger charge is 2.00. The van der Waals surface area contributed by atoms with Crippen LogP contribution in [0.5, 0.6) is 0 Å². The molecule has 2 heteroatoms. The van der Waals surface area contributed by atoms with Gasteiger partial charge >= 0.3 is 0 Å². The number of thioether (sulfide) groups is 1. The molecule has 92 valence electrons. The molecule has 0 aromatic heterocycles. The van der Waals surface area contributed by atoms with Gasteiger partial charge in [-0.25, -0.2) is 0 Å². The maximum Gasteiger partial charge on any atom is 0.0441 e. The van der Waals surface area contributed by atoms with Crippen molar-refractivity contribution in [2.24, 2.45) is 0 Å². The molecule has 0 aliphatic heterocycles. The monoisotopic (exact) mass is 232 g/mol. The van der Waals surface area contributed by atoms with Crippen LogP contribution in [0.2, 0.25) is 0 Å². The summed E-state index contributed by atoms with van der Waals surface area (Å²) < 4.78 is 0. The van der Waals surface area contributed by atoms with Crippen LogP contribution in [0.15, 0.2) is 0 Å². The second-order valence-electron chi connectivity index (χ2n) is 4.32. The number of unbranched alkanes of at least 4 members (excludes halogenated alkanes) is 6. The normalized spacial score (nSPS) is 13.0. The van der Waals surface area contributed by atoms with E-state index in [1.807, 2.05) is 11.8 Å². The molecule has 1 unspecified atom stereocenters. The van der Waals surface area contributed by atoms with Gasteiger partial charge in [-0.3, -0.25) is 0 Å². The Morgan fingerprint density at radius 2 is 1.60 bits per heavy atom. The Kier molecular flexibility index (Phi) is 12.6. The van der Waals surface area contributed by atoms with Crippen molar-refractivity contribution in [2.45, 2.75) is 70.5 Å². The zero-order chi connectivity index (χ0) is 11.4. The molecule has 0 saturated carbocycles. The average Bonchev–Trinajstić information content (AvgIpc) is 2.22. The van der Waals surface area contributed by atoms with Gasteiger partial charge in [0.05, 0.1) is 0 Å². The third kappa shape index (κ3) is 12.2. The van der Waals surface area contributed by atoms with E-state index in [0.29, 0.717) is 11.9 Å². The van der Waals surface area contributed by atoms with Crippen LogP contribution in [-0.4, -0.2) is 22.7 Å². The van der Waals surface area contributed by atoms with Crippen LogP contribution in [0.1, 0.15) is 65.2 Å². The Balaban J connectivity index is 2.98. The highest BCUT2D eigenvalue weighted by atomic mass is 32.2. The SMILES string of the molecule is CCCCCCCCCSC(C)CCO. The first-order valence-electron chi connectivity index (χ1n) is 6.53. The standard InChI is InChI=1S/C13H28OS/c1-3-4-5-6-7-8-9-12-15-13(2)10-11-14/h13-14H,3-12H2,1-2H3. The molecule has 0 bridgehead atoms. The smallest absolute Gasteiger partial charge is 0.0441 e. The Bertz CT molecular complexity index is 117. The first-order chi connectivity index (χ1) is 7.31. The number of hydrogen-bond acceptors (Lipinski definition) is 2. The van der Waals surface area contributed by atoms with E-state index in [2.05, 4.69) is 13.8 Å². The third-order valence-corrected chi connectivity index (χ3v) is 4.02. The zero-order valence-corrected chi connectivity index (χ0v) is 11.3. The maximum absolute atomic E-state index is 8.75. The van der Waals surface area contributed by atoms with Crippen molar-refractivity contribution in [1.29, 1.82) is 0 Å². The van der Waals surface area contributed by atoms with Crippen molar-refractivity contribution in [3.63, 3.8) is 0 Å². The van der Waals surface area contributed by atoms with E-state index in [4.69, 9.17) is 5.11 Å². The quantitative estimate of drug-likeness (QED) is 0.538. The lowest BCUT2D eigenvalue weighted by Gasteiger charge is -2.08. The molecule has 15 heavy (non-hydrogen) atoms. The van der Waals surface area contributed by atoms with Crippen LogP contribution in [0.25, 0.3) is 0 Å². The Labute approximate surface area is 100 Å². The predicted octanol–water partition coefficient (Wildman–Crippen LogP) is 4.24. The molecule has 0 amide bonds. The van der Waals surface area contributed by atoms with Crippen LogP contribution < -0.4 is 0 Å². The van der Waals surface area contributed by atoms with Crippen LogP contribution >= 0.6 is 11.8 Å². The Morgan fingerprint density at radius 3 is 2.20 bits per heavy atom. The van der Waals surface area contributed by atoms with Gasteiger partial charge in [-0.2, -0.15) is 11.8 Å². The maximum atomic E-state index is 8.75. The van der Waals surface area contributed by atoms with Gasteiger partial charge < -0.3 is 5.11 Å². The molecular weight excluding hydrogens is 204 g/mol. The Hall–Kier alpha value is 0.310. The third-order valence-electron chi connectivity index (χ3n) is 2.69. The lowest BCUT2D eigenvalue weighted by atomic mass is 10.1. The first kappa shape index (κ1) is 15.3. The van der Waals surface area contributed by atoms with Crippen molar-refractivity contribution < 1.29 is 5.11 Å². The number of aliphatic hydroxyl groups is 1. The van der Waals surface area contributed by atoms with Gasteiger partial charge in [0.15, 0.2) is 0 Å². The number of rotatable bonds is 11. The lowest BCUT2D eigenvalue weighted by molar-refractivity contribution is 0.289. The fraction of sp³-hybridized carbons (Fsp3) is 1.00. The molecule has 1 atom stereocenters. The fourth-order valence-corrected chi connectivity index (χ4v) is 2.65. The van der Waals surface area contributed by atoms with Crippen LogP contribution in [0.3, 0.4) is 0 Å². The molecule has 0 aliphatic rings. The van der Waals surface area contributed by atoms with E-state index < -0.39 is 0 Å². The molecule has 0 rings (SSSR count). The van der Waals surface area contributed by atoms with Gasteiger partial charge in [-0.05, 0) is 18.6 Å². The van der Waals surface area contributed by atoms with E-state index >= 15 is 0 Å². The molecule has 0 fully saturated rings. The van der Waals surface area contributed by atoms with Crippen molar-refractivity contribution in [3.05, 3.63) is 0 Å². The zero-order valence-electron chi connectivity index (χ0n) is 10.5. The predicted molar refractivity (Wildman–Crippen MR) is 71.6 cm³/mol. The van der Waals surface area contributed by atoms with Crippen molar-refractivity contribution in [2.75, 3.05) is 12.4 Å². The summed E-state index contributed by atoms with van der Waals surface area (Å²) in [6.07, 6.45) is 10.7. The molecule has 0 heterocycles. The second-order valence-corrected chi connectivity index (χ2v) is 5.86. The van der Waals surface area contributed by atoms with Gasteiger partial charge in [0.25, 0.3) is 0 Å². The van der Waals surface area contributed by atoms with E-state index in [1.54, 1.807) is 0 Å². The molecule has 0 aromatic rings. The summed E-state index contributed by atoms with van der Waals surface area (Å²) in [5.41, 5.74) is 0. The van der Waals surface area contributed by atoms with Gasteiger partial charge in [-0.15, -0.1) is 0 Å². The molecule has 0 radical (unpaired) electrons. The number of hydrogen-bond donors (Lipinski definition) is 1. The van der Waals surface area contributed by atoms with E-state index in [1.165, 1.54) is 50.7 Å². The largest absolute Gasteiger partial charge is 0.396 e. The highest BCUT2D eigenvalue weighted by Crippen LogP contribution is 2.16. The molecular formula is C13H28OS. The minimum atomic E-state index is 0.338. The van der Waals surface area contributed by atoms with Crippen LogP contribution in [0.4, 0.5) is 0 Å². The van der Waals surface area contributed by atoms with E-state index in [9.17, 15) is 0 Å². The molecule has 1 nitrogen and oxygen atoms in total. The van der Waals surface area contributed by atoms with Crippen LogP contribution in [0, 0.1) is 0 Å². The highest BCUT2D eigenvalue weighted by molar-refractivity contribution is 7.99. The summed E-state index contributed by atoms with van der Waals surface area (Å²) in [7, 11) is 0. The van der Waals surface area contributed by atoms with Gasteiger partial charge in [0, 0.05) is 11.9 Å². The summed E-state index contributed by atoms with van der Waals surface area (Å²) in [6, 6.07) is 0. The molecule has 0 aromatic carbocycles. The minimum absolute atomic E-state index is 0.338. The topological polar surface area (TPSA) is 20.2 Å². The number of aliphatic hydroxyl groups excluding tert-OH is 1. The van der Waals surface area contributed by atoms with Crippen LogP contribution in [-0.2, 0) is 0 Å². The minimum Gasteiger partial charge on any atom is -0.396 e. The van der Waals surface area contributed by atoms with Crippen molar-refractivity contribution in [3.8, 4) is 0 Å². The van der Waals surface area contributed by atoms with E-state index in [0.717, 1.165) is 6.42 Å². The van der Waals surface area contributed by atoms with Crippen molar-refractivity contribution in [1.82, 2.24) is 0 Å². The molecule has 0 aliphatic carbocycles. The van der Waals surface area contributed by atoms with Gasteiger partial charge in [-0.1, -0.05) is 52.4 Å².